The molecule has 0 heterocycles. The van der Waals surface area contributed by atoms with E-state index in [2.05, 4.69) is 5.32 Å². The van der Waals surface area contributed by atoms with Crippen LogP contribution >= 0.6 is 0 Å². The van der Waals surface area contributed by atoms with Crippen molar-refractivity contribution < 1.29 is 14.7 Å². The van der Waals surface area contributed by atoms with Gasteiger partial charge in [-0.2, -0.15) is 0 Å². The van der Waals surface area contributed by atoms with E-state index in [0.717, 1.165) is 5.56 Å². The SMILES string of the molecule is Cc1cc(C)c(C(=O)O)cc1NC(=O)C(C)C(C)(C)C. The van der Waals surface area contributed by atoms with Gasteiger partial charge in [-0.3, -0.25) is 4.79 Å². The van der Waals surface area contributed by atoms with Gasteiger partial charge in [0.2, 0.25) is 5.91 Å². The maximum Gasteiger partial charge on any atom is 0.336 e. The lowest BCUT2D eigenvalue weighted by Gasteiger charge is -2.26. The fourth-order valence-electron chi connectivity index (χ4n) is 1.85. The number of hydrogen-bond donors (Lipinski definition) is 2. The number of carbonyl (C=O) groups excluding carboxylic acids is 1. The maximum atomic E-state index is 12.2. The Bertz CT molecular complexity index is 541. The number of amides is 1. The van der Waals surface area contributed by atoms with Crippen LogP contribution in [0.2, 0.25) is 0 Å². The van der Waals surface area contributed by atoms with Gasteiger partial charge in [0.1, 0.15) is 0 Å². The van der Waals surface area contributed by atoms with Crippen LogP contribution in [0.4, 0.5) is 5.69 Å². The Hall–Kier alpha value is -1.84. The Kier molecular flexibility index (Phi) is 4.58. The van der Waals surface area contributed by atoms with E-state index in [9.17, 15) is 9.59 Å². The number of carboxylic acids is 1. The highest BCUT2D eigenvalue weighted by atomic mass is 16.4. The van der Waals surface area contributed by atoms with Crippen molar-refractivity contribution in [1.29, 1.82) is 0 Å². The van der Waals surface area contributed by atoms with Crippen molar-refractivity contribution in [2.45, 2.75) is 41.5 Å². The summed E-state index contributed by atoms with van der Waals surface area (Å²) < 4.78 is 0. The molecule has 1 aromatic rings. The highest BCUT2D eigenvalue weighted by molar-refractivity contribution is 5.96. The monoisotopic (exact) mass is 277 g/mol. The molecule has 0 aliphatic carbocycles. The molecular formula is C16H23NO3. The number of aryl methyl sites for hydroxylation is 2. The second-order valence-electron chi connectivity index (χ2n) is 6.36. The van der Waals surface area contributed by atoms with E-state index in [-0.39, 0.29) is 22.8 Å². The summed E-state index contributed by atoms with van der Waals surface area (Å²) in [6.45, 7) is 11.5. The van der Waals surface area contributed by atoms with Gasteiger partial charge < -0.3 is 10.4 Å². The van der Waals surface area contributed by atoms with Crippen LogP contribution in [-0.4, -0.2) is 17.0 Å². The summed E-state index contributed by atoms with van der Waals surface area (Å²) >= 11 is 0. The molecule has 0 aliphatic heterocycles. The number of hydrogen-bond acceptors (Lipinski definition) is 2. The minimum atomic E-state index is -0.984. The first-order valence-electron chi connectivity index (χ1n) is 6.69. The lowest BCUT2D eigenvalue weighted by molar-refractivity contribution is -0.122. The van der Waals surface area contributed by atoms with E-state index >= 15 is 0 Å². The van der Waals surface area contributed by atoms with Gasteiger partial charge in [-0.15, -0.1) is 0 Å². The molecule has 0 spiro atoms. The van der Waals surface area contributed by atoms with Crippen LogP contribution in [0.5, 0.6) is 0 Å². The van der Waals surface area contributed by atoms with Crippen molar-refractivity contribution in [2.75, 3.05) is 5.32 Å². The van der Waals surface area contributed by atoms with Crippen molar-refractivity contribution in [3.63, 3.8) is 0 Å². The van der Waals surface area contributed by atoms with Crippen LogP contribution in [0.3, 0.4) is 0 Å². The molecule has 4 nitrogen and oxygen atoms in total. The van der Waals surface area contributed by atoms with Crippen LogP contribution in [0, 0.1) is 25.2 Å². The largest absolute Gasteiger partial charge is 0.478 e. The molecule has 0 aromatic heterocycles. The predicted molar refractivity (Wildman–Crippen MR) is 80.1 cm³/mol. The smallest absolute Gasteiger partial charge is 0.336 e. The number of carbonyl (C=O) groups is 2. The Balaban J connectivity index is 3.07. The summed E-state index contributed by atoms with van der Waals surface area (Å²) in [6, 6.07) is 3.31. The molecule has 1 atom stereocenters. The predicted octanol–water partition coefficient (Wildman–Crippen LogP) is 3.62. The molecule has 0 saturated carbocycles. The molecule has 0 radical (unpaired) electrons. The van der Waals surface area contributed by atoms with Gasteiger partial charge in [0.05, 0.1) is 5.56 Å². The quantitative estimate of drug-likeness (QED) is 0.886. The van der Waals surface area contributed by atoms with Gasteiger partial charge in [-0.05, 0) is 36.5 Å². The lowest BCUT2D eigenvalue weighted by Crippen LogP contribution is -2.31. The Morgan fingerprint density at radius 1 is 1.15 bits per heavy atom. The molecular weight excluding hydrogens is 254 g/mol. The lowest BCUT2D eigenvalue weighted by atomic mass is 9.81. The summed E-state index contributed by atoms with van der Waals surface area (Å²) in [6.07, 6.45) is 0. The Labute approximate surface area is 120 Å². The summed E-state index contributed by atoms with van der Waals surface area (Å²) in [7, 11) is 0. The van der Waals surface area contributed by atoms with Crippen molar-refractivity contribution in [1.82, 2.24) is 0 Å². The van der Waals surface area contributed by atoms with Gasteiger partial charge in [-0.1, -0.05) is 33.8 Å². The zero-order valence-electron chi connectivity index (χ0n) is 13.0. The van der Waals surface area contributed by atoms with Crippen LogP contribution in [-0.2, 0) is 4.79 Å². The number of rotatable bonds is 3. The molecule has 2 N–H and O–H groups in total. The average Bonchev–Trinajstić information content (AvgIpc) is 2.29. The third-order valence-corrected chi connectivity index (χ3v) is 3.75. The van der Waals surface area contributed by atoms with Crippen molar-refractivity contribution in [3.05, 3.63) is 28.8 Å². The molecule has 0 fully saturated rings. The first kappa shape index (κ1) is 16.2. The van der Waals surface area contributed by atoms with E-state index in [1.165, 1.54) is 6.07 Å². The van der Waals surface area contributed by atoms with Gasteiger partial charge in [-0.25, -0.2) is 4.79 Å². The van der Waals surface area contributed by atoms with E-state index in [1.807, 2.05) is 34.6 Å². The molecule has 20 heavy (non-hydrogen) atoms. The Morgan fingerprint density at radius 2 is 1.70 bits per heavy atom. The summed E-state index contributed by atoms with van der Waals surface area (Å²) in [5, 5.41) is 12.0. The van der Waals surface area contributed by atoms with Crippen LogP contribution in [0.1, 0.15) is 49.2 Å². The molecule has 1 unspecified atom stereocenters. The zero-order chi connectivity index (χ0) is 15.7. The molecule has 1 rings (SSSR count). The molecule has 1 aromatic carbocycles. The zero-order valence-corrected chi connectivity index (χ0v) is 13.0. The van der Waals surface area contributed by atoms with Gasteiger partial charge in [0, 0.05) is 11.6 Å². The second-order valence-corrected chi connectivity index (χ2v) is 6.36. The minimum absolute atomic E-state index is 0.0965. The fourth-order valence-corrected chi connectivity index (χ4v) is 1.85. The normalized spacial score (nSPS) is 12.9. The van der Waals surface area contributed by atoms with E-state index in [0.29, 0.717) is 11.3 Å². The first-order valence-corrected chi connectivity index (χ1v) is 6.69. The highest BCUT2D eigenvalue weighted by Gasteiger charge is 2.27. The van der Waals surface area contributed by atoms with Crippen LogP contribution in [0.15, 0.2) is 12.1 Å². The molecule has 110 valence electrons. The minimum Gasteiger partial charge on any atom is -0.478 e. The van der Waals surface area contributed by atoms with Crippen molar-refractivity contribution in [3.8, 4) is 0 Å². The van der Waals surface area contributed by atoms with Gasteiger partial charge in [0.15, 0.2) is 0 Å². The van der Waals surface area contributed by atoms with Crippen molar-refractivity contribution >= 4 is 17.6 Å². The van der Waals surface area contributed by atoms with Gasteiger partial charge >= 0.3 is 5.97 Å². The molecule has 1 amide bonds. The topological polar surface area (TPSA) is 66.4 Å². The first-order chi connectivity index (χ1) is 9.04. The van der Waals surface area contributed by atoms with Crippen LogP contribution in [0.25, 0.3) is 0 Å². The summed E-state index contributed by atoms with van der Waals surface area (Å²) in [4.78, 5) is 23.4. The second kappa shape index (κ2) is 5.65. The number of anilines is 1. The van der Waals surface area contributed by atoms with Gasteiger partial charge in [0.25, 0.3) is 0 Å². The maximum absolute atomic E-state index is 12.2. The number of nitrogens with one attached hydrogen (secondary N) is 1. The third kappa shape index (κ3) is 3.59. The van der Waals surface area contributed by atoms with Crippen molar-refractivity contribution in [2.24, 2.45) is 11.3 Å². The number of benzene rings is 1. The van der Waals surface area contributed by atoms with E-state index in [4.69, 9.17) is 5.11 Å². The number of aromatic carboxylic acids is 1. The molecule has 0 aliphatic rings. The fraction of sp³-hybridized carbons (Fsp3) is 0.500. The summed E-state index contributed by atoms with van der Waals surface area (Å²) in [5.41, 5.74) is 2.19. The van der Waals surface area contributed by atoms with E-state index < -0.39 is 5.97 Å². The third-order valence-electron chi connectivity index (χ3n) is 3.75. The number of carboxylic acid groups (broad SMARTS) is 1. The molecule has 0 saturated heterocycles. The average molecular weight is 277 g/mol. The summed E-state index contributed by atoms with van der Waals surface area (Å²) in [5.74, 6) is -1.25. The van der Waals surface area contributed by atoms with E-state index in [1.54, 1.807) is 13.0 Å². The Morgan fingerprint density at radius 3 is 2.15 bits per heavy atom. The molecule has 0 bridgehead atoms. The highest BCUT2D eigenvalue weighted by Crippen LogP contribution is 2.28. The molecule has 4 heteroatoms. The van der Waals surface area contributed by atoms with Crippen LogP contribution < -0.4 is 5.32 Å². The standard InChI is InChI=1S/C16H23NO3/c1-9-7-10(2)13(8-12(9)15(19)20)17-14(18)11(3)16(4,5)6/h7-8,11H,1-6H3,(H,17,18)(H,19,20).